The van der Waals surface area contributed by atoms with E-state index < -0.39 is 0 Å². The lowest BCUT2D eigenvalue weighted by Gasteiger charge is -2.19. The van der Waals surface area contributed by atoms with Crippen LogP contribution in [0.4, 0.5) is 11.4 Å². The first-order chi connectivity index (χ1) is 30.8. The summed E-state index contributed by atoms with van der Waals surface area (Å²) in [6.07, 6.45) is 0. The van der Waals surface area contributed by atoms with Gasteiger partial charge in [-0.05, 0) is 125 Å². The first kappa shape index (κ1) is 37.6. The van der Waals surface area contributed by atoms with Crippen molar-refractivity contribution in [2.45, 2.75) is 6.92 Å². The molecule has 63 heavy (non-hydrogen) atoms. The molecule has 0 saturated carbocycles. The Morgan fingerprint density at radius 1 is 0.413 bits per heavy atom. The average Bonchev–Trinajstić information content (AvgIpc) is 3.84. The van der Waals surface area contributed by atoms with Crippen LogP contribution in [-0.2, 0) is 0 Å². The van der Waals surface area contributed by atoms with Gasteiger partial charge in [0.15, 0.2) is 11.4 Å². The van der Waals surface area contributed by atoms with E-state index in [-0.39, 0.29) is 0 Å². The Hall–Kier alpha value is -9.70. The molecular formula is C55H28N8. The summed E-state index contributed by atoms with van der Waals surface area (Å²) < 4.78 is 4.26. The van der Waals surface area contributed by atoms with Gasteiger partial charge in [0, 0.05) is 38.2 Å². The van der Waals surface area contributed by atoms with Crippen molar-refractivity contribution in [3.63, 3.8) is 0 Å². The van der Waals surface area contributed by atoms with Gasteiger partial charge in [0.05, 0.1) is 75.9 Å². The molecule has 2 aromatic heterocycles. The maximum atomic E-state index is 11.2. The monoisotopic (exact) mass is 800 g/mol. The summed E-state index contributed by atoms with van der Waals surface area (Å²) in [5.41, 5.74) is 12.8. The van der Waals surface area contributed by atoms with Crippen molar-refractivity contribution in [3.8, 4) is 69.0 Å². The summed E-state index contributed by atoms with van der Waals surface area (Å²) >= 11 is 0. The minimum absolute atomic E-state index is 0.368. The van der Waals surface area contributed by atoms with Gasteiger partial charge in [0.25, 0.3) is 0 Å². The maximum absolute atomic E-state index is 11.2. The standard InChI is InChI=1S/C55H28N8/c1-33-16-34(29-56)20-41(17-33)49-28-52(62-50-10-6-4-8-45(50)47-14-12-37(25-53(47)62)39-18-35(30-57)21-43(23-39)60-2)42(32-59)27-55(49)63-51-11-7-5-9-46(51)48-15-13-38(26-54(48)63)40-19-36(31-58)22-44(24-40)61-3/h4-28H,1H3. The van der Waals surface area contributed by atoms with Gasteiger partial charge in [-0.1, -0.05) is 66.7 Å². The Morgan fingerprint density at radius 2 is 0.889 bits per heavy atom. The fraction of sp³-hybridized carbons (Fsp3) is 0.0182. The predicted molar refractivity (Wildman–Crippen MR) is 248 cm³/mol. The Morgan fingerprint density at radius 3 is 1.40 bits per heavy atom. The topological polar surface area (TPSA) is 114 Å². The third-order valence-corrected chi connectivity index (χ3v) is 11.6. The van der Waals surface area contributed by atoms with E-state index in [1.54, 1.807) is 36.4 Å². The van der Waals surface area contributed by atoms with Gasteiger partial charge in [0.2, 0.25) is 0 Å². The molecule has 0 radical (unpaired) electrons. The molecule has 8 aromatic carbocycles. The zero-order valence-corrected chi connectivity index (χ0v) is 33.5. The van der Waals surface area contributed by atoms with Crippen LogP contribution in [0, 0.1) is 65.4 Å². The largest absolute Gasteiger partial charge is 0.309 e. The molecule has 2 heterocycles. The SMILES string of the molecule is [C-]#[N+]c1cc(C#N)cc(-c2ccc3c4ccccc4n(-c4cc(-c5cc(C)cc(C#N)c5)c(-n5c6ccccc6c6ccc(-c7cc(C#N)cc([N+]#[C-])c7)cc65)cc4C#N)c3c2)c1. The quantitative estimate of drug-likeness (QED) is 0.161. The summed E-state index contributed by atoms with van der Waals surface area (Å²) in [5, 5.41) is 45.0. The number of fused-ring (bicyclic) bond motifs is 6. The highest BCUT2D eigenvalue weighted by molar-refractivity contribution is 6.12. The Labute approximate surface area is 362 Å². The van der Waals surface area contributed by atoms with Gasteiger partial charge < -0.3 is 9.13 Å². The normalized spacial score (nSPS) is 10.8. The predicted octanol–water partition coefficient (Wildman–Crippen LogP) is 13.8. The number of nitrogens with zero attached hydrogens (tertiary/aromatic N) is 8. The van der Waals surface area contributed by atoms with Crippen LogP contribution in [-0.4, -0.2) is 9.13 Å². The van der Waals surface area contributed by atoms with Gasteiger partial charge in [-0.2, -0.15) is 21.0 Å². The number of para-hydroxylation sites is 2. The van der Waals surface area contributed by atoms with Gasteiger partial charge in [-0.25, -0.2) is 9.69 Å². The minimum Gasteiger partial charge on any atom is -0.309 e. The van der Waals surface area contributed by atoms with E-state index in [1.165, 1.54) is 0 Å². The fourth-order valence-corrected chi connectivity index (χ4v) is 8.90. The van der Waals surface area contributed by atoms with Crippen LogP contribution < -0.4 is 0 Å². The third kappa shape index (κ3) is 6.18. The number of aromatic nitrogens is 2. The number of rotatable bonds is 5. The summed E-state index contributed by atoms with van der Waals surface area (Å²) in [5.74, 6) is 0. The second kappa shape index (κ2) is 14.8. The molecule has 0 saturated heterocycles. The molecule has 0 bridgehead atoms. The molecule has 0 amide bonds. The Kier molecular flexibility index (Phi) is 8.85. The summed E-state index contributed by atoms with van der Waals surface area (Å²) in [6.45, 7) is 17.3. The molecule has 0 N–H and O–H groups in total. The highest BCUT2D eigenvalue weighted by Crippen LogP contribution is 2.43. The van der Waals surface area contributed by atoms with Crippen LogP contribution in [0.15, 0.2) is 152 Å². The lowest BCUT2D eigenvalue weighted by atomic mass is 9.96. The molecule has 0 atom stereocenters. The molecule has 0 fully saturated rings. The molecule has 0 unspecified atom stereocenters. The zero-order valence-electron chi connectivity index (χ0n) is 33.5. The van der Waals surface area contributed by atoms with Crippen molar-refractivity contribution in [2.24, 2.45) is 0 Å². The number of aryl methyl sites for hydroxylation is 1. The summed E-state index contributed by atoms with van der Waals surface area (Å²) in [6, 6.07) is 57.7. The minimum atomic E-state index is 0.368. The molecule has 0 aliphatic heterocycles. The molecule has 8 heteroatoms. The van der Waals surface area contributed by atoms with Crippen molar-refractivity contribution in [3.05, 3.63) is 202 Å². The van der Waals surface area contributed by atoms with E-state index in [4.69, 9.17) is 13.1 Å². The highest BCUT2D eigenvalue weighted by atomic mass is 15.0. The van der Waals surface area contributed by atoms with Crippen molar-refractivity contribution in [1.82, 2.24) is 9.13 Å². The molecular weight excluding hydrogens is 773 g/mol. The number of benzene rings is 8. The summed E-state index contributed by atoms with van der Waals surface area (Å²) in [7, 11) is 0. The van der Waals surface area contributed by atoms with Crippen LogP contribution in [0.2, 0.25) is 0 Å². The van der Waals surface area contributed by atoms with Gasteiger partial charge in [-0.3, -0.25) is 0 Å². The molecule has 0 spiro atoms. The summed E-state index contributed by atoms with van der Waals surface area (Å²) in [4.78, 5) is 7.25. The molecule has 10 aromatic rings. The van der Waals surface area contributed by atoms with E-state index in [0.717, 1.165) is 88.2 Å². The second-order valence-electron chi connectivity index (χ2n) is 15.4. The number of hydrogen-bond acceptors (Lipinski definition) is 4. The van der Waals surface area contributed by atoms with Crippen molar-refractivity contribution in [2.75, 3.05) is 0 Å². The molecule has 288 valence electrons. The van der Waals surface area contributed by atoms with Crippen molar-refractivity contribution < 1.29 is 0 Å². The smallest absolute Gasteiger partial charge is 0.189 e. The van der Waals surface area contributed by atoms with Crippen LogP contribution in [0.3, 0.4) is 0 Å². The highest BCUT2D eigenvalue weighted by Gasteiger charge is 2.23. The number of nitriles is 4. The van der Waals surface area contributed by atoms with Crippen LogP contribution in [0.25, 0.3) is 98.1 Å². The van der Waals surface area contributed by atoms with Crippen LogP contribution in [0.5, 0.6) is 0 Å². The van der Waals surface area contributed by atoms with Gasteiger partial charge in [0.1, 0.15) is 6.07 Å². The third-order valence-electron chi connectivity index (χ3n) is 11.6. The van der Waals surface area contributed by atoms with E-state index in [2.05, 4.69) is 79.5 Å². The molecule has 0 aliphatic carbocycles. The van der Waals surface area contributed by atoms with Gasteiger partial charge >= 0.3 is 0 Å². The molecule has 10 rings (SSSR count). The van der Waals surface area contributed by atoms with E-state index >= 15 is 0 Å². The number of hydrogen-bond donors (Lipinski definition) is 0. The Bertz CT molecular complexity index is 3830. The molecule has 8 nitrogen and oxygen atoms in total. The van der Waals surface area contributed by atoms with E-state index in [1.807, 2.05) is 85.8 Å². The van der Waals surface area contributed by atoms with Crippen LogP contribution in [0.1, 0.15) is 27.8 Å². The first-order valence-electron chi connectivity index (χ1n) is 19.9. The first-order valence-corrected chi connectivity index (χ1v) is 19.9. The lowest BCUT2D eigenvalue weighted by Crippen LogP contribution is -2.04. The van der Waals surface area contributed by atoms with Crippen LogP contribution >= 0.6 is 0 Å². The average molecular weight is 801 g/mol. The van der Waals surface area contributed by atoms with Gasteiger partial charge in [-0.15, -0.1) is 0 Å². The van der Waals surface area contributed by atoms with E-state index in [9.17, 15) is 21.0 Å². The zero-order chi connectivity index (χ0) is 43.4. The fourth-order valence-electron chi connectivity index (χ4n) is 8.90. The van der Waals surface area contributed by atoms with Crippen molar-refractivity contribution >= 4 is 55.0 Å². The maximum Gasteiger partial charge on any atom is 0.189 e. The van der Waals surface area contributed by atoms with Crippen molar-refractivity contribution in [1.29, 1.82) is 21.0 Å². The lowest BCUT2D eigenvalue weighted by molar-refractivity contribution is 1.13. The van der Waals surface area contributed by atoms with E-state index in [0.29, 0.717) is 39.3 Å². The Balaban J connectivity index is 1.31. The second-order valence-corrected chi connectivity index (χ2v) is 15.4. The molecule has 0 aliphatic rings.